The molecule has 226 valence electrons. The van der Waals surface area contributed by atoms with E-state index in [0.717, 1.165) is 23.3 Å². The number of hydrogen-bond acceptors (Lipinski definition) is 6. The fourth-order valence-corrected chi connectivity index (χ4v) is 6.20. The molecule has 2 amide bonds. The zero-order valence-corrected chi connectivity index (χ0v) is 23.7. The van der Waals surface area contributed by atoms with Crippen molar-refractivity contribution in [1.29, 1.82) is 0 Å². The van der Waals surface area contributed by atoms with E-state index in [1.165, 1.54) is 6.07 Å². The van der Waals surface area contributed by atoms with Crippen LogP contribution >= 0.6 is 0 Å². The van der Waals surface area contributed by atoms with E-state index in [2.05, 4.69) is 10.6 Å². The van der Waals surface area contributed by atoms with Crippen molar-refractivity contribution in [3.05, 3.63) is 89.5 Å². The fraction of sp³-hybridized carbons (Fsp3) is 0.394. The molecule has 3 aliphatic rings. The van der Waals surface area contributed by atoms with Crippen molar-refractivity contribution < 1.29 is 33.0 Å². The number of carbonyl (C=O) groups excluding carboxylic acids is 2. The molecule has 2 saturated heterocycles. The van der Waals surface area contributed by atoms with Gasteiger partial charge >= 0.3 is 0 Å². The molecule has 0 aromatic heterocycles. The summed E-state index contributed by atoms with van der Waals surface area (Å²) in [5.41, 5.74) is 2.79. The summed E-state index contributed by atoms with van der Waals surface area (Å²) in [4.78, 5) is 28.9. The van der Waals surface area contributed by atoms with Gasteiger partial charge in [-0.3, -0.25) is 14.5 Å². The molecular formula is C33H35F2N3O5. The minimum atomic E-state index is -0.961. The van der Waals surface area contributed by atoms with Crippen molar-refractivity contribution in [3.8, 4) is 16.9 Å². The number of rotatable bonds is 3. The second-order valence-electron chi connectivity index (χ2n) is 11.5. The maximum absolute atomic E-state index is 14.0. The van der Waals surface area contributed by atoms with Crippen LogP contribution in [0.4, 0.5) is 8.78 Å². The van der Waals surface area contributed by atoms with Gasteiger partial charge in [0.1, 0.15) is 11.9 Å². The van der Waals surface area contributed by atoms with Gasteiger partial charge in [-0.1, -0.05) is 42.5 Å². The number of carbonyl (C=O) groups is 2. The third-order valence-corrected chi connectivity index (χ3v) is 8.50. The Morgan fingerprint density at radius 3 is 2.58 bits per heavy atom. The average molecular weight is 592 g/mol. The van der Waals surface area contributed by atoms with Crippen LogP contribution in [-0.2, 0) is 16.1 Å². The summed E-state index contributed by atoms with van der Waals surface area (Å²) in [5, 5.41) is 16.6. The van der Waals surface area contributed by atoms with Gasteiger partial charge in [0.25, 0.3) is 5.91 Å². The lowest BCUT2D eigenvalue weighted by Crippen LogP contribution is -2.50. The summed E-state index contributed by atoms with van der Waals surface area (Å²) in [6.45, 7) is 0.956. The predicted molar refractivity (Wildman–Crippen MR) is 155 cm³/mol. The molecule has 0 spiro atoms. The van der Waals surface area contributed by atoms with Crippen LogP contribution in [0.3, 0.4) is 0 Å². The van der Waals surface area contributed by atoms with Crippen LogP contribution in [0.2, 0.25) is 0 Å². The van der Waals surface area contributed by atoms with Gasteiger partial charge in [0.15, 0.2) is 11.6 Å². The highest BCUT2D eigenvalue weighted by atomic mass is 19.2. The molecule has 3 aromatic carbocycles. The summed E-state index contributed by atoms with van der Waals surface area (Å²) in [5.74, 6) is -2.05. The third-order valence-electron chi connectivity index (χ3n) is 8.50. The van der Waals surface area contributed by atoms with Crippen molar-refractivity contribution >= 4 is 11.8 Å². The number of aliphatic hydroxyl groups is 1. The standard InChI is InChI=1S/C33H35F2N3O5/c34-26-10-6-20(14-27(26)35)18-38-19-23-16-28(38)33(41)36-17-31-29(39)11-8-24(43-31)12-13-42-30-15-22(21-4-2-1-3-5-21)7-9-25(30)32(40)37-23/h1-7,9-10,14-15,23-24,28-29,31,39H,8,11-13,16-19H2,(H,36,41)(H,37,40)/t23-,24-,28-,29-,31+/m0/s1. The zero-order chi connectivity index (χ0) is 29.9. The molecule has 3 aliphatic heterocycles. The first-order valence-electron chi connectivity index (χ1n) is 14.8. The van der Waals surface area contributed by atoms with Crippen LogP contribution in [0.1, 0.15) is 41.6 Å². The van der Waals surface area contributed by atoms with Gasteiger partial charge in [-0.25, -0.2) is 8.78 Å². The first-order valence-corrected chi connectivity index (χ1v) is 14.8. The first kappa shape index (κ1) is 29.2. The third kappa shape index (κ3) is 6.71. The fourth-order valence-electron chi connectivity index (χ4n) is 6.20. The van der Waals surface area contributed by atoms with Gasteiger partial charge in [-0.15, -0.1) is 0 Å². The lowest BCUT2D eigenvalue weighted by molar-refractivity contribution is -0.133. The van der Waals surface area contributed by atoms with Crippen LogP contribution in [0.15, 0.2) is 66.7 Å². The molecule has 4 bridgehead atoms. The Bertz CT molecular complexity index is 1470. The van der Waals surface area contributed by atoms with Gasteiger partial charge in [-0.05, 0) is 60.2 Å². The van der Waals surface area contributed by atoms with Crippen molar-refractivity contribution in [2.75, 3.05) is 19.7 Å². The number of ether oxygens (including phenoxy) is 2. The molecule has 0 saturated carbocycles. The highest BCUT2D eigenvalue weighted by Gasteiger charge is 2.39. The molecule has 5 atom stereocenters. The van der Waals surface area contributed by atoms with Crippen molar-refractivity contribution in [3.63, 3.8) is 0 Å². The van der Waals surface area contributed by atoms with E-state index in [1.54, 1.807) is 6.07 Å². The maximum atomic E-state index is 14.0. The lowest BCUT2D eigenvalue weighted by atomic mass is 9.99. The Morgan fingerprint density at radius 1 is 0.930 bits per heavy atom. The van der Waals surface area contributed by atoms with Gasteiger partial charge in [0, 0.05) is 32.1 Å². The number of fused-ring (bicyclic) bond motifs is 5. The van der Waals surface area contributed by atoms with E-state index in [-0.39, 0.29) is 37.0 Å². The molecule has 8 nitrogen and oxygen atoms in total. The van der Waals surface area contributed by atoms with E-state index < -0.39 is 29.9 Å². The average Bonchev–Trinajstić information content (AvgIpc) is 3.40. The van der Waals surface area contributed by atoms with Crippen molar-refractivity contribution in [2.24, 2.45) is 0 Å². The summed E-state index contributed by atoms with van der Waals surface area (Å²) in [6.07, 6.45) is 0.614. The van der Waals surface area contributed by atoms with Crippen LogP contribution in [0.5, 0.6) is 5.75 Å². The minimum Gasteiger partial charge on any atom is -0.493 e. The number of amides is 2. The maximum Gasteiger partial charge on any atom is 0.255 e. The number of nitrogens with zero attached hydrogens (tertiary/aromatic N) is 1. The highest BCUT2D eigenvalue weighted by molar-refractivity contribution is 5.98. The van der Waals surface area contributed by atoms with E-state index in [4.69, 9.17) is 9.47 Å². The van der Waals surface area contributed by atoms with Crippen LogP contribution < -0.4 is 15.4 Å². The Labute approximate surface area is 249 Å². The molecule has 3 aromatic rings. The van der Waals surface area contributed by atoms with Crippen LogP contribution in [-0.4, -0.2) is 71.9 Å². The summed E-state index contributed by atoms with van der Waals surface area (Å²) < 4.78 is 39.9. The molecule has 3 N–H and O–H groups in total. The SMILES string of the molecule is O=C1N[C@H]2C[C@@H](C(=O)NC[C@H]3O[C@H](CCOc4cc(-c5ccccc5)ccc41)CC[C@@H]3O)N(Cc1ccc(F)c(F)c1)C2. The smallest absolute Gasteiger partial charge is 0.255 e. The summed E-state index contributed by atoms with van der Waals surface area (Å²) in [7, 11) is 0. The van der Waals surface area contributed by atoms with E-state index >= 15 is 0 Å². The Balaban J connectivity index is 1.29. The van der Waals surface area contributed by atoms with Crippen LogP contribution in [0, 0.1) is 11.6 Å². The Morgan fingerprint density at radius 2 is 1.77 bits per heavy atom. The first-order chi connectivity index (χ1) is 20.8. The molecule has 0 aliphatic carbocycles. The van der Waals surface area contributed by atoms with Crippen LogP contribution in [0.25, 0.3) is 11.1 Å². The lowest BCUT2D eigenvalue weighted by Gasteiger charge is -2.34. The summed E-state index contributed by atoms with van der Waals surface area (Å²) in [6, 6.07) is 18.0. The summed E-state index contributed by atoms with van der Waals surface area (Å²) >= 11 is 0. The highest BCUT2D eigenvalue weighted by Crippen LogP contribution is 2.30. The molecule has 43 heavy (non-hydrogen) atoms. The van der Waals surface area contributed by atoms with Gasteiger partial charge in [0.05, 0.1) is 30.4 Å². The minimum absolute atomic E-state index is 0.132. The Kier molecular flexibility index (Phi) is 8.69. The second kappa shape index (κ2) is 12.8. The molecular weight excluding hydrogens is 556 g/mol. The second-order valence-corrected chi connectivity index (χ2v) is 11.5. The van der Waals surface area contributed by atoms with E-state index in [9.17, 15) is 23.5 Å². The number of benzene rings is 3. The predicted octanol–water partition coefficient (Wildman–Crippen LogP) is 3.81. The molecule has 6 rings (SSSR count). The number of likely N-dealkylation sites (tertiary alicyclic amines) is 1. The number of halogens is 2. The Hall–Kier alpha value is -3.86. The van der Waals surface area contributed by atoms with E-state index in [0.29, 0.717) is 55.7 Å². The monoisotopic (exact) mass is 591 g/mol. The zero-order valence-electron chi connectivity index (χ0n) is 23.7. The molecule has 3 heterocycles. The largest absolute Gasteiger partial charge is 0.493 e. The number of nitrogens with one attached hydrogen (secondary N) is 2. The van der Waals surface area contributed by atoms with Gasteiger partial charge < -0.3 is 25.2 Å². The van der Waals surface area contributed by atoms with Gasteiger partial charge in [0.2, 0.25) is 5.91 Å². The normalized spacial score (nSPS) is 26.6. The van der Waals surface area contributed by atoms with E-state index in [1.807, 2.05) is 47.4 Å². The molecule has 10 heteroatoms. The van der Waals surface area contributed by atoms with Crippen molar-refractivity contribution in [1.82, 2.24) is 15.5 Å². The number of hydrogen-bond donors (Lipinski definition) is 3. The number of aliphatic hydroxyl groups excluding tert-OH is 1. The molecule has 2 fully saturated rings. The van der Waals surface area contributed by atoms with Gasteiger partial charge in [-0.2, -0.15) is 0 Å². The molecule has 0 radical (unpaired) electrons. The molecule has 0 unspecified atom stereocenters. The van der Waals surface area contributed by atoms with Crippen molar-refractivity contribution in [2.45, 2.75) is 62.6 Å². The topological polar surface area (TPSA) is 100 Å². The quantitative estimate of drug-likeness (QED) is 0.429.